The Balaban J connectivity index is 2.47. The van der Waals surface area contributed by atoms with E-state index in [1.807, 2.05) is 0 Å². The Labute approximate surface area is 113 Å². The predicted molar refractivity (Wildman–Crippen MR) is 64.4 cm³/mol. The second-order valence-electron chi connectivity index (χ2n) is 4.19. The first-order chi connectivity index (χ1) is 8.80. The number of nitrogens with zero attached hydrogens (tertiary/aromatic N) is 2. The zero-order chi connectivity index (χ0) is 14.2. The lowest BCUT2D eigenvalue weighted by Gasteiger charge is -2.30. The van der Waals surface area contributed by atoms with E-state index in [-0.39, 0.29) is 16.5 Å². The van der Waals surface area contributed by atoms with E-state index in [4.69, 9.17) is 26.8 Å². The van der Waals surface area contributed by atoms with Crippen molar-refractivity contribution >= 4 is 29.2 Å². The lowest BCUT2D eigenvalue weighted by molar-refractivity contribution is -0.222. The molecule has 100 valence electrons. The summed E-state index contributed by atoms with van der Waals surface area (Å²) in [5, 5.41) is 0.0823. The van der Waals surface area contributed by atoms with Gasteiger partial charge in [-0.2, -0.15) is 0 Å². The standard InChI is InChI=1S/C11H10ClN3O4/c1-11(2)18-9(16)7(10(17)19-11)8(13)5-3-14-4-6(12)15-5/h3-4H,13H2,1-2H3. The number of cyclic esters (lactones) is 2. The average Bonchev–Trinajstić information content (AvgIpc) is 2.25. The molecule has 2 heterocycles. The number of halogens is 1. The van der Waals surface area contributed by atoms with Gasteiger partial charge < -0.3 is 15.2 Å². The molecule has 0 spiro atoms. The number of aromatic nitrogens is 2. The van der Waals surface area contributed by atoms with Crippen LogP contribution in [0, 0.1) is 0 Å². The van der Waals surface area contributed by atoms with Crippen LogP contribution in [0.3, 0.4) is 0 Å². The molecule has 0 unspecified atom stereocenters. The number of ether oxygens (including phenoxy) is 2. The third kappa shape index (κ3) is 2.65. The topological polar surface area (TPSA) is 104 Å². The van der Waals surface area contributed by atoms with Gasteiger partial charge in [-0.05, 0) is 0 Å². The minimum atomic E-state index is -1.32. The highest BCUT2D eigenvalue weighted by Gasteiger charge is 2.40. The summed E-state index contributed by atoms with van der Waals surface area (Å²) in [5.74, 6) is -3.07. The third-order valence-corrected chi connectivity index (χ3v) is 2.42. The van der Waals surface area contributed by atoms with Crippen molar-refractivity contribution in [2.45, 2.75) is 19.6 Å². The molecule has 1 fully saturated rings. The number of carbonyl (C=O) groups is 2. The summed E-state index contributed by atoms with van der Waals surface area (Å²) in [6.45, 7) is 2.88. The lowest BCUT2D eigenvalue weighted by atomic mass is 10.1. The number of hydrogen-bond acceptors (Lipinski definition) is 7. The van der Waals surface area contributed by atoms with Gasteiger partial charge in [0, 0.05) is 13.8 Å². The Bertz CT molecular complexity index is 575. The maximum atomic E-state index is 11.8. The van der Waals surface area contributed by atoms with Gasteiger partial charge in [-0.3, -0.25) is 4.98 Å². The first kappa shape index (κ1) is 13.3. The van der Waals surface area contributed by atoms with Gasteiger partial charge in [-0.25, -0.2) is 14.6 Å². The van der Waals surface area contributed by atoms with Gasteiger partial charge in [0.05, 0.1) is 18.1 Å². The summed E-state index contributed by atoms with van der Waals surface area (Å²) in [6.07, 6.45) is 2.57. The largest absolute Gasteiger partial charge is 0.419 e. The van der Waals surface area contributed by atoms with Gasteiger partial charge in [0.1, 0.15) is 10.8 Å². The van der Waals surface area contributed by atoms with Gasteiger partial charge in [0.15, 0.2) is 5.57 Å². The lowest BCUT2D eigenvalue weighted by Crippen LogP contribution is -2.42. The van der Waals surface area contributed by atoms with Crippen LogP contribution in [0.1, 0.15) is 19.5 Å². The van der Waals surface area contributed by atoms with E-state index in [1.54, 1.807) is 0 Å². The number of nitrogens with two attached hydrogens (primary N) is 1. The summed E-state index contributed by atoms with van der Waals surface area (Å²) in [6, 6.07) is 0. The highest BCUT2D eigenvalue weighted by atomic mass is 35.5. The highest BCUT2D eigenvalue weighted by Crippen LogP contribution is 2.25. The van der Waals surface area contributed by atoms with E-state index in [2.05, 4.69) is 9.97 Å². The van der Waals surface area contributed by atoms with Crippen molar-refractivity contribution in [3.8, 4) is 0 Å². The second-order valence-corrected chi connectivity index (χ2v) is 4.58. The Morgan fingerprint density at radius 3 is 2.37 bits per heavy atom. The van der Waals surface area contributed by atoms with Crippen molar-refractivity contribution in [3.63, 3.8) is 0 Å². The van der Waals surface area contributed by atoms with Crippen LogP contribution in [0.15, 0.2) is 18.0 Å². The molecular weight excluding hydrogens is 274 g/mol. The molecule has 2 rings (SSSR count). The molecule has 0 aliphatic carbocycles. The van der Waals surface area contributed by atoms with Gasteiger partial charge >= 0.3 is 11.9 Å². The fourth-order valence-corrected chi connectivity index (χ4v) is 1.62. The maximum Gasteiger partial charge on any atom is 0.351 e. The molecule has 0 bridgehead atoms. The summed E-state index contributed by atoms with van der Waals surface area (Å²) in [4.78, 5) is 31.2. The molecule has 1 saturated heterocycles. The van der Waals surface area contributed by atoms with Gasteiger partial charge in [-0.15, -0.1) is 0 Å². The Hall–Kier alpha value is -2.15. The summed E-state index contributed by atoms with van der Waals surface area (Å²) >= 11 is 5.66. The minimum Gasteiger partial charge on any atom is -0.419 e. The summed E-state index contributed by atoms with van der Waals surface area (Å²) in [7, 11) is 0. The quantitative estimate of drug-likeness (QED) is 0.458. The molecule has 7 nitrogen and oxygen atoms in total. The van der Waals surface area contributed by atoms with Crippen molar-refractivity contribution in [2.24, 2.45) is 5.73 Å². The van der Waals surface area contributed by atoms with Gasteiger partial charge in [0.2, 0.25) is 0 Å². The number of carbonyl (C=O) groups excluding carboxylic acids is 2. The average molecular weight is 284 g/mol. The predicted octanol–water partition coefficient (Wildman–Crippen LogP) is 0.636. The Morgan fingerprint density at radius 2 is 1.84 bits per heavy atom. The first-order valence-corrected chi connectivity index (χ1v) is 5.62. The maximum absolute atomic E-state index is 11.8. The van der Waals surface area contributed by atoms with Crippen LogP contribution in [0.4, 0.5) is 0 Å². The fourth-order valence-electron chi connectivity index (χ4n) is 1.47. The normalized spacial score (nSPS) is 17.7. The van der Waals surface area contributed by atoms with Crippen LogP contribution in [0.5, 0.6) is 0 Å². The molecule has 1 aliphatic rings. The zero-order valence-corrected chi connectivity index (χ0v) is 10.9. The van der Waals surface area contributed by atoms with Crippen molar-refractivity contribution in [1.29, 1.82) is 0 Å². The van der Waals surface area contributed by atoms with E-state index >= 15 is 0 Å². The first-order valence-electron chi connectivity index (χ1n) is 5.24. The molecule has 19 heavy (non-hydrogen) atoms. The molecule has 1 aromatic heterocycles. The van der Waals surface area contributed by atoms with E-state index < -0.39 is 23.3 Å². The van der Waals surface area contributed by atoms with Crippen LogP contribution in [-0.2, 0) is 19.1 Å². The Kier molecular flexibility index (Phi) is 3.15. The SMILES string of the molecule is CC1(C)OC(=O)C(=C(N)c2cncc(Cl)n2)C(=O)O1. The highest BCUT2D eigenvalue weighted by molar-refractivity contribution is 6.29. The van der Waals surface area contributed by atoms with Crippen molar-refractivity contribution in [3.05, 3.63) is 28.8 Å². The molecule has 0 radical (unpaired) electrons. The van der Waals surface area contributed by atoms with E-state index in [0.717, 1.165) is 0 Å². The van der Waals surface area contributed by atoms with Crippen molar-refractivity contribution in [1.82, 2.24) is 9.97 Å². The number of hydrogen-bond donors (Lipinski definition) is 1. The number of esters is 2. The smallest absolute Gasteiger partial charge is 0.351 e. The van der Waals surface area contributed by atoms with Crippen LogP contribution in [0.25, 0.3) is 5.70 Å². The molecular formula is C11H10ClN3O4. The monoisotopic (exact) mass is 283 g/mol. The van der Waals surface area contributed by atoms with Crippen LogP contribution >= 0.6 is 11.6 Å². The molecule has 0 saturated carbocycles. The van der Waals surface area contributed by atoms with Crippen LogP contribution in [-0.4, -0.2) is 27.7 Å². The molecule has 0 aromatic carbocycles. The minimum absolute atomic E-state index is 0.0823. The van der Waals surface area contributed by atoms with Crippen LogP contribution in [0.2, 0.25) is 5.15 Å². The molecule has 0 atom stereocenters. The fraction of sp³-hybridized carbons (Fsp3) is 0.273. The molecule has 0 amide bonds. The third-order valence-electron chi connectivity index (χ3n) is 2.24. The van der Waals surface area contributed by atoms with E-state index in [9.17, 15) is 9.59 Å². The molecule has 1 aromatic rings. The van der Waals surface area contributed by atoms with Crippen LogP contribution < -0.4 is 5.73 Å². The molecule has 1 aliphatic heterocycles. The van der Waals surface area contributed by atoms with Crippen molar-refractivity contribution < 1.29 is 19.1 Å². The van der Waals surface area contributed by atoms with Gasteiger partial charge in [-0.1, -0.05) is 11.6 Å². The summed E-state index contributed by atoms with van der Waals surface area (Å²) in [5.41, 5.74) is 5.20. The zero-order valence-electron chi connectivity index (χ0n) is 10.1. The van der Waals surface area contributed by atoms with E-state index in [0.29, 0.717) is 0 Å². The molecule has 2 N–H and O–H groups in total. The summed E-state index contributed by atoms with van der Waals surface area (Å²) < 4.78 is 9.86. The molecule has 8 heteroatoms. The van der Waals surface area contributed by atoms with E-state index in [1.165, 1.54) is 26.2 Å². The Morgan fingerprint density at radius 1 is 1.26 bits per heavy atom. The van der Waals surface area contributed by atoms with Gasteiger partial charge in [0.25, 0.3) is 5.79 Å². The second kappa shape index (κ2) is 4.51. The van der Waals surface area contributed by atoms with Crippen molar-refractivity contribution in [2.75, 3.05) is 0 Å². The number of rotatable bonds is 1.